The van der Waals surface area contributed by atoms with E-state index in [1.165, 1.54) is 4.90 Å². The number of hydrogen-bond acceptors (Lipinski definition) is 7. The van der Waals surface area contributed by atoms with Crippen molar-refractivity contribution in [3.8, 4) is 22.8 Å². The third-order valence-electron chi connectivity index (χ3n) is 4.73. The summed E-state index contributed by atoms with van der Waals surface area (Å²) >= 11 is 0. The normalized spacial score (nSPS) is 11.6. The summed E-state index contributed by atoms with van der Waals surface area (Å²) in [5, 5.41) is 19.8. The monoisotopic (exact) mass is 462 g/mol. The number of aromatic nitrogens is 4. The second-order valence-corrected chi connectivity index (χ2v) is 9.89. The lowest BCUT2D eigenvalue weighted by Crippen LogP contribution is -2.34. The molecule has 0 atom stereocenters. The lowest BCUT2D eigenvalue weighted by atomic mass is 9.95. The zero-order valence-electron chi connectivity index (χ0n) is 20.6. The Morgan fingerprint density at radius 1 is 0.824 bits per heavy atom. The van der Waals surface area contributed by atoms with Crippen LogP contribution in [0.15, 0.2) is 48.5 Å². The minimum absolute atomic E-state index is 0.0702. The van der Waals surface area contributed by atoms with Gasteiger partial charge in [0.25, 0.3) is 0 Å². The molecular formula is C25H30N6O3. The van der Waals surface area contributed by atoms with E-state index in [1.54, 1.807) is 43.4 Å². The maximum absolute atomic E-state index is 12.5. The predicted molar refractivity (Wildman–Crippen MR) is 131 cm³/mol. The smallest absolute Gasteiger partial charge is 0.414 e. The van der Waals surface area contributed by atoms with Crippen molar-refractivity contribution < 1.29 is 14.3 Å². The largest absolute Gasteiger partial charge is 0.443 e. The average Bonchev–Trinajstić information content (AvgIpc) is 2.77. The molecule has 0 aliphatic heterocycles. The Morgan fingerprint density at radius 2 is 1.38 bits per heavy atom. The molecule has 0 radical (unpaired) electrons. The summed E-state index contributed by atoms with van der Waals surface area (Å²) in [6.07, 6.45) is -0.490. The molecule has 9 nitrogen and oxygen atoms in total. The van der Waals surface area contributed by atoms with Gasteiger partial charge in [-0.2, -0.15) is 0 Å². The maximum atomic E-state index is 12.5. The zero-order valence-corrected chi connectivity index (χ0v) is 20.6. The van der Waals surface area contributed by atoms with Gasteiger partial charge in [0.15, 0.2) is 0 Å². The van der Waals surface area contributed by atoms with Crippen molar-refractivity contribution in [1.29, 1.82) is 0 Å². The van der Waals surface area contributed by atoms with E-state index in [-0.39, 0.29) is 11.7 Å². The molecule has 0 fully saturated rings. The standard InChI is InChI=1S/C25H30N6O3/c1-24(2,3)22(32)26-17-14-12-16(13-15-17)20-27-29-21(30-28-20)18-10-8-9-11-19(18)31(7)23(33)34-25(4,5)6/h8-15H,1-7H3,(H,26,32). The third-order valence-corrected chi connectivity index (χ3v) is 4.73. The van der Waals surface area contributed by atoms with Crippen LogP contribution in [0.5, 0.6) is 0 Å². The molecule has 0 saturated carbocycles. The van der Waals surface area contributed by atoms with Crippen LogP contribution >= 0.6 is 0 Å². The first kappa shape index (κ1) is 24.8. The van der Waals surface area contributed by atoms with Crippen molar-refractivity contribution in [1.82, 2.24) is 20.4 Å². The molecule has 178 valence electrons. The molecular weight excluding hydrogens is 432 g/mol. The summed E-state index contributed by atoms with van der Waals surface area (Å²) in [4.78, 5) is 26.1. The zero-order chi connectivity index (χ0) is 25.1. The summed E-state index contributed by atoms with van der Waals surface area (Å²) in [6, 6.07) is 14.4. The van der Waals surface area contributed by atoms with Gasteiger partial charge < -0.3 is 10.1 Å². The number of ether oxygens (including phenoxy) is 1. The molecule has 2 aromatic carbocycles. The second kappa shape index (κ2) is 9.54. The number of nitrogens with one attached hydrogen (secondary N) is 1. The Labute approximate surface area is 199 Å². The number of benzene rings is 2. The van der Waals surface area contributed by atoms with E-state index < -0.39 is 17.1 Å². The van der Waals surface area contributed by atoms with E-state index in [0.29, 0.717) is 28.3 Å². The van der Waals surface area contributed by atoms with Gasteiger partial charge in [0.05, 0.1) is 5.69 Å². The van der Waals surface area contributed by atoms with E-state index in [9.17, 15) is 9.59 Å². The van der Waals surface area contributed by atoms with Gasteiger partial charge in [-0.1, -0.05) is 32.9 Å². The highest BCUT2D eigenvalue weighted by molar-refractivity contribution is 5.94. The van der Waals surface area contributed by atoms with E-state index in [2.05, 4.69) is 25.7 Å². The fraction of sp³-hybridized carbons (Fsp3) is 0.360. The van der Waals surface area contributed by atoms with Gasteiger partial charge in [-0.25, -0.2) is 4.79 Å². The van der Waals surface area contributed by atoms with Crippen LogP contribution in [0, 0.1) is 5.41 Å². The minimum Gasteiger partial charge on any atom is -0.443 e. The highest BCUT2D eigenvalue weighted by Crippen LogP contribution is 2.28. The molecule has 1 heterocycles. The fourth-order valence-electron chi connectivity index (χ4n) is 2.86. The first-order valence-electron chi connectivity index (χ1n) is 10.9. The SMILES string of the molecule is CN(C(=O)OC(C)(C)C)c1ccccc1-c1nnc(-c2ccc(NC(=O)C(C)(C)C)cc2)nn1. The number of hydrogen-bond donors (Lipinski definition) is 1. The van der Waals surface area contributed by atoms with Gasteiger partial charge in [0.1, 0.15) is 5.60 Å². The van der Waals surface area contributed by atoms with Gasteiger partial charge in [-0.3, -0.25) is 9.69 Å². The average molecular weight is 463 g/mol. The van der Waals surface area contributed by atoms with Crippen LogP contribution in [0.1, 0.15) is 41.5 Å². The van der Waals surface area contributed by atoms with Crippen molar-refractivity contribution in [2.45, 2.75) is 47.1 Å². The van der Waals surface area contributed by atoms with Crippen LogP contribution in [0.25, 0.3) is 22.8 Å². The summed E-state index contributed by atoms with van der Waals surface area (Å²) in [5.41, 5.74) is 1.46. The predicted octanol–water partition coefficient (Wildman–Crippen LogP) is 4.96. The first-order valence-corrected chi connectivity index (χ1v) is 10.9. The molecule has 1 aromatic heterocycles. The Kier molecular flexibility index (Phi) is 6.95. The molecule has 3 rings (SSSR count). The van der Waals surface area contributed by atoms with Crippen molar-refractivity contribution in [3.05, 3.63) is 48.5 Å². The topological polar surface area (TPSA) is 110 Å². The molecule has 0 aliphatic carbocycles. The number of anilines is 2. The highest BCUT2D eigenvalue weighted by atomic mass is 16.6. The Balaban J connectivity index is 1.80. The summed E-state index contributed by atoms with van der Waals surface area (Å²) in [7, 11) is 1.63. The van der Waals surface area contributed by atoms with Gasteiger partial charge >= 0.3 is 6.09 Å². The van der Waals surface area contributed by atoms with E-state index in [4.69, 9.17) is 4.74 Å². The number of carbonyl (C=O) groups is 2. The van der Waals surface area contributed by atoms with Gasteiger partial charge in [0.2, 0.25) is 17.6 Å². The van der Waals surface area contributed by atoms with Crippen LogP contribution in [0.3, 0.4) is 0 Å². The maximum Gasteiger partial charge on any atom is 0.414 e. The molecule has 0 saturated heterocycles. The quantitative estimate of drug-likeness (QED) is 0.584. The lowest BCUT2D eigenvalue weighted by molar-refractivity contribution is -0.123. The third kappa shape index (κ3) is 6.12. The first-order chi connectivity index (χ1) is 15.8. The summed E-state index contributed by atoms with van der Waals surface area (Å²) in [6.45, 7) is 11.0. The number of para-hydroxylation sites is 1. The fourth-order valence-corrected chi connectivity index (χ4v) is 2.86. The Morgan fingerprint density at radius 3 is 1.94 bits per heavy atom. The summed E-state index contributed by atoms with van der Waals surface area (Å²) in [5.74, 6) is 0.554. The van der Waals surface area contributed by atoms with E-state index in [1.807, 2.05) is 53.7 Å². The second-order valence-electron chi connectivity index (χ2n) is 9.89. The van der Waals surface area contributed by atoms with Crippen LogP contribution < -0.4 is 10.2 Å². The van der Waals surface area contributed by atoms with Gasteiger partial charge in [-0.05, 0) is 57.2 Å². The molecule has 9 heteroatoms. The minimum atomic E-state index is -0.618. The van der Waals surface area contributed by atoms with Crippen molar-refractivity contribution in [2.75, 3.05) is 17.3 Å². The van der Waals surface area contributed by atoms with Crippen molar-refractivity contribution >= 4 is 23.4 Å². The molecule has 3 aromatic rings. The van der Waals surface area contributed by atoms with Crippen molar-refractivity contribution in [3.63, 3.8) is 0 Å². The summed E-state index contributed by atoms with van der Waals surface area (Å²) < 4.78 is 5.46. The van der Waals surface area contributed by atoms with E-state index in [0.717, 1.165) is 0 Å². The van der Waals surface area contributed by atoms with Crippen LogP contribution in [0.2, 0.25) is 0 Å². The van der Waals surface area contributed by atoms with Crippen LogP contribution in [0.4, 0.5) is 16.2 Å². The lowest BCUT2D eigenvalue weighted by Gasteiger charge is -2.25. The van der Waals surface area contributed by atoms with Crippen LogP contribution in [-0.2, 0) is 9.53 Å². The number of carbonyl (C=O) groups excluding carboxylic acids is 2. The molecule has 0 unspecified atom stereocenters. The highest BCUT2D eigenvalue weighted by Gasteiger charge is 2.24. The molecule has 34 heavy (non-hydrogen) atoms. The Hall–Kier alpha value is -3.88. The molecule has 0 aliphatic rings. The number of amides is 2. The van der Waals surface area contributed by atoms with Gasteiger partial charge in [0, 0.05) is 29.3 Å². The van der Waals surface area contributed by atoms with Crippen LogP contribution in [-0.4, -0.2) is 45.0 Å². The Bertz CT molecular complexity index is 1160. The molecule has 0 spiro atoms. The molecule has 0 bridgehead atoms. The van der Waals surface area contributed by atoms with E-state index >= 15 is 0 Å². The van der Waals surface area contributed by atoms with Gasteiger partial charge in [-0.15, -0.1) is 20.4 Å². The molecule has 1 N–H and O–H groups in total. The molecule has 2 amide bonds. The number of nitrogens with zero attached hydrogens (tertiary/aromatic N) is 5. The van der Waals surface area contributed by atoms with Crippen molar-refractivity contribution in [2.24, 2.45) is 5.41 Å². The number of rotatable bonds is 4.